The molecule has 2 amide bonds. The maximum absolute atomic E-state index is 11.9. The average Bonchev–Trinajstić information content (AvgIpc) is 2.86. The van der Waals surface area contributed by atoms with Gasteiger partial charge in [-0.1, -0.05) is 17.7 Å². The van der Waals surface area contributed by atoms with Crippen LogP contribution in [0.2, 0.25) is 5.02 Å². The average molecular weight is 279 g/mol. The summed E-state index contributed by atoms with van der Waals surface area (Å²) >= 11 is 5.98. The number of likely N-dealkylation sites (tertiary alicyclic amines) is 1. The Balaban J connectivity index is 1.68. The molecule has 2 unspecified atom stereocenters. The Bertz CT molecular complexity index is 558. The van der Waals surface area contributed by atoms with Crippen LogP contribution < -0.4 is 5.32 Å². The van der Waals surface area contributed by atoms with Gasteiger partial charge >= 0.3 is 0 Å². The Morgan fingerprint density at radius 2 is 1.95 bits per heavy atom. The Hall–Kier alpha value is -1.39. The molecule has 1 aromatic rings. The fourth-order valence-corrected chi connectivity index (χ4v) is 3.07. The van der Waals surface area contributed by atoms with Crippen LogP contribution >= 0.6 is 11.6 Å². The van der Waals surface area contributed by atoms with Crippen molar-refractivity contribution in [1.29, 1.82) is 0 Å². The molecule has 3 rings (SSSR count). The molecule has 5 heteroatoms. The third-order valence-electron chi connectivity index (χ3n) is 3.92. The first-order chi connectivity index (χ1) is 9.04. The smallest absolute Gasteiger partial charge is 0.246 e. The summed E-state index contributed by atoms with van der Waals surface area (Å²) in [7, 11) is 1.54. The second kappa shape index (κ2) is 4.62. The number of hydrogen-bond acceptors (Lipinski definition) is 3. The van der Waals surface area contributed by atoms with Gasteiger partial charge in [0.05, 0.1) is 12.5 Å². The van der Waals surface area contributed by atoms with Gasteiger partial charge in [0.1, 0.15) is 0 Å². The number of halogens is 1. The molecule has 0 spiro atoms. The summed E-state index contributed by atoms with van der Waals surface area (Å²) in [5.74, 6) is -0.236. The van der Waals surface area contributed by atoms with Crippen LogP contribution in [0.15, 0.2) is 18.2 Å². The van der Waals surface area contributed by atoms with E-state index in [9.17, 15) is 9.59 Å². The number of imide groups is 1. The second-order valence-corrected chi connectivity index (χ2v) is 5.67. The molecule has 1 aliphatic heterocycles. The Morgan fingerprint density at radius 1 is 1.21 bits per heavy atom. The third-order valence-corrected chi connectivity index (χ3v) is 4.15. The number of nitrogens with zero attached hydrogens (tertiary/aromatic N) is 1. The Morgan fingerprint density at radius 3 is 2.63 bits per heavy atom. The van der Waals surface area contributed by atoms with E-state index in [1.54, 1.807) is 0 Å². The highest BCUT2D eigenvalue weighted by atomic mass is 35.5. The number of carbonyl (C=O) groups excluding carboxylic acids is 2. The van der Waals surface area contributed by atoms with Crippen LogP contribution in [0.5, 0.6) is 0 Å². The monoisotopic (exact) mass is 278 g/mol. The molecule has 0 bridgehead atoms. The summed E-state index contributed by atoms with van der Waals surface area (Å²) in [6.07, 6.45) is 2.01. The van der Waals surface area contributed by atoms with Crippen molar-refractivity contribution < 1.29 is 9.59 Å². The lowest BCUT2D eigenvalue weighted by Crippen LogP contribution is -2.43. The van der Waals surface area contributed by atoms with Crippen molar-refractivity contribution in [1.82, 2.24) is 10.2 Å². The first-order valence-corrected chi connectivity index (χ1v) is 6.76. The van der Waals surface area contributed by atoms with Gasteiger partial charge in [0, 0.05) is 18.1 Å². The van der Waals surface area contributed by atoms with Gasteiger partial charge in [0.25, 0.3) is 0 Å². The van der Waals surface area contributed by atoms with Crippen LogP contribution in [0, 0.1) is 0 Å². The Kier molecular flexibility index (Phi) is 3.07. The minimum atomic E-state index is -0.368. The van der Waals surface area contributed by atoms with Gasteiger partial charge in [-0.25, -0.2) is 0 Å². The molecule has 100 valence electrons. The van der Waals surface area contributed by atoms with Gasteiger partial charge in [0.2, 0.25) is 11.8 Å². The number of carbonyl (C=O) groups is 2. The van der Waals surface area contributed by atoms with Gasteiger partial charge in [0.15, 0.2) is 0 Å². The molecule has 0 saturated carbocycles. The maximum atomic E-state index is 11.9. The number of nitrogens with one attached hydrogen (secondary N) is 1. The lowest BCUT2D eigenvalue weighted by molar-refractivity contribution is -0.137. The zero-order valence-electron chi connectivity index (χ0n) is 10.6. The van der Waals surface area contributed by atoms with Crippen molar-refractivity contribution in [3.05, 3.63) is 34.3 Å². The molecule has 2 atom stereocenters. The molecule has 2 aliphatic rings. The highest BCUT2D eigenvalue weighted by Gasteiger charge is 2.37. The Labute approximate surface area is 116 Å². The summed E-state index contributed by atoms with van der Waals surface area (Å²) in [5.41, 5.74) is 2.50. The number of hydrogen-bond donors (Lipinski definition) is 1. The number of likely N-dealkylation sites (N-methyl/N-ethyl adjacent to an activating group) is 1. The zero-order valence-corrected chi connectivity index (χ0v) is 11.4. The third kappa shape index (κ3) is 2.26. The molecule has 19 heavy (non-hydrogen) atoms. The number of benzene rings is 1. The topological polar surface area (TPSA) is 49.4 Å². The standard InChI is InChI=1S/C14H15ClN2O2/c1-17-13(18)7-12(14(17)19)16-11-5-8-2-3-10(15)4-9(8)6-11/h2-4,11-12,16H,5-7H2,1H3. The van der Waals surface area contributed by atoms with E-state index in [2.05, 4.69) is 5.32 Å². The largest absolute Gasteiger partial charge is 0.302 e. The van der Waals surface area contributed by atoms with E-state index in [1.165, 1.54) is 23.1 Å². The molecule has 1 heterocycles. The van der Waals surface area contributed by atoms with E-state index in [-0.39, 0.29) is 30.3 Å². The van der Waals surface area contributed by atoms with Crippen LogP contribution in [0.25, 0.3) is 0 Å². The first kappa shape index (κ1) is 12.6. The molecule has 1 aromatic carbocycles. The fourth-order valence-electron chi connectivity index (χ4n) is 2.87. The molecule has 0 radical (unpaired) electrons. The molecular weight excluding hydrogens is 264 g/mol. The molecule has 1 aliphatic carbocycles. The summed E-state index contributed by atoms with van der Waals surface area (Å²) in [6.45, 7) is 0. The summed E-state index contributed by atoms with van der Waals surface area (Å²) in [6, 6.07) is 5.74. The predicted octanol–water partition coefficient (Wildman–Crippen LogP) is 1.15. The first-order valence-electron chi connectivity index (χ1n) is 6.38. The van der Waals surface area contributed by atoms with Crippen molar-refractivity contribution in [2.24, 2.45) is 0 Å². The predicted molar refractivity (Wildman–Crippen MR) is 72.0 cm³/mol. The summed E-state index contributed by atoms with van der Waals surface area (Å²) in [5, 5.41) is 4.04. The van der Waals surface area contributed by atoms with Crippen LogP contribution in [0.1, 0.15) is 17.5 Å². The van der Waals surface area contributed by atoms with Gasteiger partial charge in [-0.3, -0.25) is 14.5 Å². The van der Waals surface area contributed by atoms with Crippen molar-refractivity contribution >= 4 is 23.4 Å². The SMILES string of the molecule is CN1C(=O)CC(NC2Cc3ccc(Cl)cc3C2)C1=O. The number of amides is 2. The lowest BCUT2D eigenvalue weighted by atomic mass is 10.1. The van der Waals surface area contributed by atoms with E-state index in [4.69, 9.17) is 11.6 Å². The van der Waals surface area contributed by atoms with Crippen LogP contribution in [0.4, 0.5) is 0 Å². The van der Waals surface area contributed by atoms with E-state index in [1.807, 2.05) is 18.2 Å². The van der Waals surface area contributed by atoms with Crippen LogP contribution in [-0.4, -0.2) is 35.8 Å². The molecular formula is C14H15ClN2O2. The molecule has 1 N–H and O–H groups in total. The highest BCUT2D eigenvalue weighted by molar-refractivity contribution is 6.30. The summed E-state index contributed by atoms with van der Waals surface area (Å²) < 4.78 is 0. The molecule has 1 fully saturated rings. The van der Waals surface area contributed by atoms with Crippen molar-refractivity contribution in [3.63, 3.8) is 0 Å². The lowest BCUT2D eigenvalue weighted by Gasteiger charge is -2.16. The van der Waals surface area contributed by atoms with Gasteiger partial charge in [-0.2, -0.15) is 0 Å². The minimum absolute atomic E-state index is 0.110. The van der Waals surface area contributed by atoms with Crippen LogP contribution in [-0.2, 0) is 22.4 Å². The van der Waals surface area contributed by atoms with Crippen molar-refractivity contribution in [2.45, 2.75) is 31.3 Å². The van der Waals surface area contributed by atoms with Crippen LogP contribution in [0.3, 0.4) is 0 Å². The van der Waals surface area contributed by atoms with E-state index >= 15 is 0 Å². The van der Waals surface area contributed by atoms with Gasteiger partial charge < -0.3 is 5.32 Å². The van der Waals surface area contributed by atoms with Crippen molar-refractivity contribution in [3.8, 4) is 0 Å². The number of fused-ring (bicyclic) bond motifs is 1. The molecule has 4 nitrogen and oxygen atoms in total. The maximum Gasteiger partial charge on any atom is 0.246 e. The molecule has 0 aromatic heterocycles. The van der Waals surface area contributed by atoms with Crippen molar-refractivity contribution in [2.75, 3.05) is 7.05 Å². The summed E-state index contributed by atoms with van der Waals surface area (Å²) in [4.78, 5) is 24.5. The highest BCUT2D eigenvalue weighted by Crippen LogP contribution is 2.26. The molecule has 1 saturated heterocycles. The zero-order chi connectivity index (χ0) is 13.6. The van der Waals surface area contributed by atoms with E-state index < -0.39 is 0 Å². The van der Waals surface area contributed by atoms with E-state index in [0.717, 1.165) is 17.9 Å². The second-order valence-electron chi connectivity index (χ2n) is 5.23. The normalized spacial score (nSPS) is 26.1. The quantitative estimate of drug-likeness (QED) is 0.826. The van der Waals surface area contributed by atoms with Gasteiger partial charge in [-0.05, 0) is 36.1 Å². The fraction of sp³-hybridized carbons (Fsp3) is 0.429. The van der Waals surface area contributed by atoms with E-state index in [0.29, 0.717) is 0 Å². The van der Waals surface area contributed by atoms with Gasteiger partial charge in [-0.15, -0.1) is 0 Å². The minimum Gasteiger partial charge on any atom is -0.302 e. The number of rotatable bonds is 2.